The van der Waals surface area contributed by atoms with Gasteiger partial charge in [-0.25, -0.2) is 19.3 Å². The van der Waals surface area contributed by atoms with Crippen molar-refractivity contribution in [2.75, 3.05) is 11.9 Å². The van der Waals surface area contributed by atoms with E-state index in [4.69, 9.17) is 9.97 Å². The molecule has 0 fully saturated rings. The zero-order chi connectivity index (χ0) is 25.0. The summed E-state index contributed by atoms with van der Waals surface area (Å²) < 4.78 is 3.46. The fourth-order valence-corrected chi connectivity index (χ4v) is 4.78. The van der Waals surface area contributed by atoms with E-state index in [9.17, 15) is 4.79 Å². The van der Waals surface area contributed by atoms with Crippen molar-refractivity contribution in [3.63, 3.8) is 0 Å². The minimum absolute atomic E-state index is 0.0925. The summed E-state index contributed by atoms with van der Waals surface area (Å²) in [6.07, 6.45) is 1.60. The first-order chi connectivity index (χ1) is 16.6. The molecule has 4 heterocycles. The maximum absolute atomic E-state index is 13.1. The molecule has 8 heteroatoms. The number of nitrogens with one attached hydrogen (secondary N) is 2. The van der Waals surface area contributed by atoms with Gasteiger partial charge in [0, 0.05) is 48.0 Å². The van der Waals surface area contributed by atoms with Crippen LogP contribution in [0.5, 0.6) is 0 Å². The number of hydrogen-bond acceptors (Lipinski definition) is 6. The van der Waals surface area contributed by atoms with Gasteiger partial charge in [0.1, 0.15) is 5.39 Å². The number of rotatable bonds is 4. The topological polar surface area (TPSA) is 89.7 Å². The van der Waals surface area contributed by atoms with Crippen molar-refractivity contribution < 1.29 is 0 Å². The van der Waals surface area contributed by atoms with E-state index in [-0.39, 0.29) is 16.4 Å². The molecule has 8 nitrogen and oxygen atoms in total. The molecular formula is C27H33N7O. The van der Waals surface area contributed by atoms with Crippen LogP contribution >= 0.6 is 0 Å². The SMILES string of the molecule is CCn1c(=O)c2cnc(Nc3ccc4c(c3)CNCC4(C)C)nc2n1-c1cccc(C(C)(C)C)n1. The Morgan fingerprint density at radius 2 is 1.94 bits per heavy atom. The van der Waals surface area contributed by atoms with Crippen LogP contribution in [0.2, 0.25) is 0 Å². The second kappa shape index (κ2) is 8.30. The highest BCUT2D eigenvalue weighted by molar-refractivity contribution is 5.77. The minimum atomic E-state index is -0.126. The van der Waals surface area contributed by atoms with Gasteiger partial charge in [0.15, 0.2) is 11.5 Å². The van der Waals surface area contributed by atoms with Crippen molar-refractivity contribution in [1.29, 1.82) is 0 Å². The van der Waals surface area contributed by atoms with Gasteiger partial charge in [0.25, 0.3) is 5.56 Å². The Morgan fingerprint density at radius 1 is 1.14 bits per heavy atom. The minimum Gasteiger partial charge on any atom is -0.324 e. The van der Waals surface area contributed by atoms with Gasteiger partial charge in [-0.2, -0.15) is 4.98 Å². The number of fused-ring (bicyclic) bond motifs is 2. The second-order valence-electron chi connectivity index (χ2n) is 10.9. The summed E-state index contributed by atoms with van der Waals surface area (Å²) in [4.78, 5) is 27.2. The Kier molecular flexibility index (Phi) is 5.51. The molecule has 1 aliphatic heterocycles. The zero-order valence-corrected chi connectivity index (χ0v) is 21.3. The van der Waals surface area contributed by atoms with Gasteiger partial charge < -0.3 is 10.6 Å². The van der Waals surface area contributed by atoms with Gasteiger partial charge in [0.05, 0.1) is 0 Å². The Balaban J connectivity index is 1.59. The fourth-order valence-electron chi connectivity index (χ4n) is 4.78. The predicted molar refractivity (Wildman–Crippen MR) is 140 cm³/mol. The van der Waals surface area contributed by atoms with Crippen LogP contribution in [-0.2, 0) is 23.9 Å². The molecule has 1 aromatic carbocycles. The van der Waals surface area contributed by atoms with E-state index in [1.165, 1.54) is 11.1 Å². The average Bonchev–Trinajstić information content (AvgIpc) is 3.09. The van der Waals surface area contributed by atoms with E-state index in [0.717, 1.165) is 24.5 Å². The average molecular weight is 472 g/mol. The van der Waals surface area contributed by atoms with Crippen molar-refractivity contribution in [3.8, 4) is 5.82 Å². The Labute approximate surface area is 205 Å². The van der Waals surface area contributed by atoms with Crippen LogP contribution in [-0.4, -0.2) is 30.9 Å². The van der Waals surface area contributed by atoms with E-state index in [1.54, 1.807) is 15.6 Å². The summed E-state index contributed by atoms with van der Waals surface area (Å²) in [5.74, 6) is 1.10. The first-order valence-corrected chi connectivity index (χ1v) is 12.2. The number of pyridine rings is 1. The Morgan fingerprint density at radius 3 is 2.69 bits per heavy atom. The first kappa shape index (κ1) is 23.2. The number of anilines is 2. The molecule has 35 heavy (non-hydrogen) atoms. The molecule has 5 rings (SSSR count). The molecule has 1 aliphatic rings. The van der Waals surface area contributed by atoms with Crippen LogP contribution < -0.4 is 16.2 Å². The highest BCUT2D eigenvalue weighted by atomic mass is 16.1. The van der Waals surface area contributed by atoms with Gasteiger partial charge in [-0.3, -0.25) is 4.79 Å². The lowest BCUT2D eigenvalue weighted by atomic mass is 9.79. The summed E-state index contributed by atoms with van der Waals surface area (Å²) in [5, 5.41) is 7.30. The Hall–Kier alpha value is -3.52. The molecule has 0 saturated carbocycles. The van der Waals surface area contributed by atoms with Gasteiger partial charge in [-0.15, -0.1) is 0 Å². The van der Waals surface area contributed by atoms with Gasteiger partial charge in [0.2, 0.25) is 5.95 Å². The Bertz CT molecular complexity index is 1470. The third-order valence-electron chi connectivity index (χ3n) is 6.67. The number of aromatic nitrogens is 5. The summed E-state index contributed by atoms with van der Waals surface area (Å²) in [6, 6.07) is 12.3. The monoisotopic (exact) mass is 471 g/mol. The maximum Gasteiger partial charge on any atom is 0.278 e. The lowest BCUT2D eigenvalue weighted by molar-refractivity contribution is 0.435. The van der Waals surface area contributed by atoms with E-state index >= 15 is 0 Å². The normalized spacial score (nSPS) is 15.3. The molecule has 4 aromatic rings. The second-order valence-corrected chi connectivity index (χ2v) is 10.9. The molecule has 0 aliphatic carbocycles. The number of nitrogens with zero attached hydrogens (tertiary/aromatic N) is 5. The smallest absolute Gasteiger partial charge is 0.278 e. The van der Waals surface area contributed by atoms with E-state index in [0.29, 0.717) is 29.3 Å². The van der Waals surface area contributed by atoms with Crippen LogP contribution in [0.25, 0.3) is 16.9 Å². The summed E-state index contributed by atoms with van der Waals surface area (Å²) in [7, 11) is 0. The highest BCUT2D eigenvalue weighted by Gasteiger charge is 2.27. The molecule has 0 atom stereocenters. The standard InChI is InChI=1S/C27H33N7O/c1-7-33-24(35)19-15-29-25(30-18-11-12-20-17(13-18)14-28-16-27(20,5)6)32-23(19)34(33)22-10-8-9-21(31-22)26(2,3)4/h8-13,15,28H,7,14,16H2,1-6H3,(H,29,30,32). The molecule has 0 bridgehead atoms. The van der Waals surface area contributed by atoms with Crippen molar-refractivity contribution in [3.05, 3.63) is 69.8 Å². The summed E-state index contributed by atoms with van der Waals surface area (Å²) in [6.45, 7) is 15.1. The molecule has 0 amide bonds. The molecule has 0 unspecified atom stereocenters. The lowest BCUT2D eigenvalue weighted by Crippen LogP contribution is -2.38. The molecule has 2 N–H and O–H groups in total. The van der Waals surface area contributed by atoms with Crippen LogP contribution in [0.4, 0.5) is 11.6 Å². The van der Waals surface area contributed by atoms with Crippen LogP contribution in [0.1, 0.15) is 58.4 Å². The lowest BCUT2D eigenvalue weighted by Gasteiger charge is -2.33. The molecule has 182 valence electrons. The van der Waals surface area contributed by atoms with Crippen LogP contribution in [0, 0.1) is 0 Å². The third kappa shape index (κ3) is 4.12. The zero-order valence-electron chi connectivity index (χ0n) is 21.3. The number of benzene rings is 1. The van der Waals surface area contributed by atoms with Crippen molar-refractivity contribution >= 4 is 22.7 Å². The van der Waals surface area contributed by atoms with Crippen LogP contribution in [0.15, 0.2) is 47.4 Å². The first-order valence-electron chi connectivity index (χ1n) is 12.2. The van der Waals surface area contributed by atoms with Crippen molar-refractivity contribution in [2.45, 2.75) is 65.5 Å². The van der Waals surface area contributed by atoms with Crippen molar-refractivity contribution in [1.82, 2.24) is 29.6 Å². The quantitative estimate of drug-likeness (QED) is 0.458. The van der Waals surface area contributed by atoms with Crippen LogP contribution in [0.3, 0.4) is 0 Å². The molecule has 0 saturated heterocycles. The largest absolute Gasteiger partial charge is 0.324 e. The molecule has 0 spiro atoms. The molecular weight excluding hydrogens is 438 g/mol. The molecule has 0 radical (unpaired) electrons. The molecule has 3 aromatic heterocycles. The number of hydrogen-bond donors (Lipinski definition) is 2. The third-order valence-corrected chi connectivity index (χ3v) is 6.67. The summed E-state index contributed by atoms with van der Waals surface area (Å²) >= 11 is 0. The fraction of sp³-hybridized carbons (Fsp3) is 0.407. The van der Waals surface area contributed by atoms with Crippen molar-refractivity contribution in [2.24, 2.45) is 0 Å². The van der Waals surface area contributed by atoms with Gasteiger partial charge in [-0.05, 0) is 42.3 Å². The highest BCUT2D eigenvalue weighted by Crippen LogP contribution is 2.32. The van der Waals surface area contributed by atoms with E-state index in [1.807, 2.05) is 25.1 Å². The van der Waals surface area contributed by atoms with Gasteiger partial charge >= 0.3 is 0 Å². The predicted octanol–water partition coefficient (Wildman–Crippen LogP) is 4.42. The van der Waals surface area contributed by atoms with Gasteiger partial charge in [-0.1, -0.05) is 46.8 Å². The van der Waals surface area contributed by atoms with E-state index < -0.39 is 0 Å². The maximum atomic E-state index is 13.1. The summed E-state index contributed by atoms with van der Waals surface area (Å²) in [5.41, 5.74) is 4.88. The van der Waals surface area contributed by atoms with E-state index in [2.05, 4.69) is 68.4 Å².